The molecule has 6 heteroatoms. The maximum absolute atomic E-state index is 13.8. The topological polar surface area (TPSA) is 65.0 Å². The number of hydrogen-bond acceptors (Lipinski definition) is 5. The van der Waals surface area contributed by atoms with Crippen LogP contribution in [0.3, 0.4) is 0 Å². The molecule has 6 rings (SSSR count). The average Bonchev–Trinajstić information content (AvgIpc) is 3.31. The number of carbonyl (C=O) groups is 1. The maximum atomic E-state index is 13.8. The molecule has 0 radical (unpaired) electrons. The molecule has 5 aliphatic rings. The molecule has 3 heterocycles. The first-order valence-corrected chi connectivity index (χ1v) is 11.5. The predicted molar refractivity (Wildman–Crippen MR) is 109 cm³/mol. The van der Waals surface area contributed by atoms with Gasteiger partial charge in [0.2, 0.25) is 0 Å². The van der Waals surface area contributed by atoms with E-state index in [9.17, 15) is 9.90 Å². The number of halogens is 1. The zero-order valence-corrected chi connectivity index (χ0v) is 18.8. The lowest BCUT2D eigenvalue weighted by atomic mass is 9.50. The van der Waals surface area contributed by atoms with Crippen molar-refractivity contribution in [2.24, 2.45) is 11.3 Å². The lowest BCUT2D eigenvalue weighted by Crippen LogP contribution is -2.67. The van der Waals surface area contributed by atoms with Crippen molar-refractivity contribution in [2.75, 3.05) is 0 Å². The van der Waals surface area contributed by atoms with Crippen molar-refractivity contribution in [2.45, 2.75) is 87.6 Å². The van der Waals surface area contributed by atoms with E-state index in [4.69, 9.17) is 14.2 Å². The molecule has 1 spiro atoms. The van der Waals surface area contributed by atoms with Crippen molar-refractivity contribution in [3.05, 3.63) is 34.4 Å². The number of carbonyl (C=O) groups excluding carboxylic acids is 1. The molecule has 2 aliphatic carbocycles. The quantitative estimate of drug-likeness (QED) is 0.645. The van der Waals surface area contributed by atoms with Crippen LogP contribution in [0.2, 0.25) is 0 Å². The Morgan fingerprint density at radius 1 is 1.21 bits per heavy atom. The fourth-order valence-corrected chi connectivity index (χ4v) is 8.74. The third-order valence-electron chi connectivity index (χ3n) is 8.51. The van der Waals surface area contributed by atoms with Gasteiger partial charge in [-0.25, -0.2) is 0 Å². The summed E-state index contributed by atoms with van der Waals surface area (Å²) in [6, 6.07) is 4.04. The third kappa shape index (κ3) is 1.99. The van der Waals surface area contributed by atoms with E-state index in [0.29, 0.717) is 0 Å². The molecule has 0 amide bonds. The molecule has 156 valence electrons. The van der Waals surface area contributed by atoms with Gasteiger partial charge in [-0.1, -0.05) is 35.0 Å². The van der Waals surface area contributed by atoms with Gasteiger partial charge in [0.25, 0.3) is 0 Å². The van der Waals surface area contributed by atoms with Gasteiger partial charge in [-0.15, -0.1) is 0 Å². The van der Waals surface area contributed by atoms with Crippen molar-refractivity contribution in [3.63, 3.8) is 0 Å². The van der Waals surface area contributed by atoms with Crippen LogP contribution >= 0.6 is 15.9 Å². The van der Waals surface area contributed by atoms with Crippen molar-refractivity contribution < 1.29 is 24.1 Å². The Hall–Kier alpha value is -0.790. The molecule has 1 aromatic rings. The summed E-state index contributed by atoms with van der Waals surface area (Å²) in [7, 11) is 0. The third-order valence-corrected chi connectivity index (χ3v) is 9.56. The number of ketones is 1. The Morgan fingerprint density at radius 2 is 1.97 bits per heavy atom. The predicted octanol–water partition coefficient (Wildman–Crippen LogP) is 3.62. The summed E-state index contributed by atoms with van der Waals surface area (Å²) < 4.78 is 19.3. The van der Waals surface area contributed by atoms with Crippen LogP contribution < -0.4 is 0 Å². The highest BCUT2D eigenvalue weighted by molar-refractivity contribution is 9.09. The Balaban J connectivity index is 1.50. The van der Waals surface area contributed by atoms with Crippen LogP contribution in [0, 0.1) is 18.3 Å². The van der Waals surface area contributed by atoms with Crippen LogP contribution in [0.4, 0.5) is 0 Å². The number of rotatable bonds is 1. The largest absolute Gasteiger partial charge is 0.392 e. The van der Waals surface area contributed by atoms with Crippen molar-refractivity contribution in [1.82, 2.24) is 0 Å². The average molecular weight is 463 g/mol. The Morgan fingerprint density at radius 3 is 2.69 bits per heavy atom. The molecule has 3 saturated heterocycles. The fraction of sp³-hybridized carbons (Fsp3) is 0.696. The summed E-state index contributed by atoms with van der Waals surface area (Å²) >= 11 is 3.99. The summed E-state index contributed by atoms with van der Waals surface area (Å²) in [5, 5.41) is 9.70. The first-order chi connectivity index (χ1) is 13.6. The van der Waals surface area contributed by atoms with Crippen molar-refractivity contribution in [1.29, 1.82) is 0 Å². The van der Waals surface area contributed by atoms with E-state index < -0.39 is 11.4 Å². The maximum Gasteiger partial charge on any atom is 0.167 e. The molecule has 1 saturated carbocycles. The molecule has 0 unspecified atom stereocenters. The molecule has 1 N–H and O–H groups in total. The van der Waals surface area contributed by atoms with Gasteiger partial charge in [-0.3, -0.25) is 4.79 Å². The molecule has 1 aromatic carbocycles. The summed E-state index contributed by atoms with van der Waals surface area (Å²) in [5.41, 5.74) is 2.83. The second-order valence-corrected chi connectivity index (χ2v) is 11.3. The fourth-order valence-electron chi connectivity index (χ4n) is 7.45. The summed E-state index contributed by atoms with van der Waals surface area (Å²) in [5.74, 6) is -0.378. The van der Waals surface area contributed by atoms with Crippen molar-refractivity contribution in [3.8, 4) is 0 Å². The molecule has 29 heavy (non-hydrogen) atoms. The lowest BCUT2D eigenvalue weighted by Gasteiger charge is -2.56. The zero-order chi connectivity index (χ0) is 20.5. The zero-order valence-electron chi connectivity index (χ0n) is 17.2. The number of alkyl halides is 1. The van der Waals surface area contributed by atoms with Gasteiger partial charge in [0, 0.05) is 21.7 Å². The summed E-state index contributed by atoms with van der Waals surface area (Å²) in [4.78, 5) is 13.9. The smallest absolute Gasteiger partial charge is 0.167 e. The number of benzene rings is 1. The lowest BCUT2D eigenvalue weighted by molar-refractivity contribution is -0.212. The van der Waals surface area contributed by atoms with Gasteiger partial charge in [-0.05, 0) is 56.2 Å². The molecule has 3 aliphatic heterocycles. The van der Waals surface area contributed by atoms with E-state index in [1.165, 1.54) is 0 Å². The first-order valence-electron chi connectivity index (χ1n) is 10.6. The Labute approximate surface area is 179 Å². The summed E-state index contributed by atoms with van der Waals surface area (Å²) in [6.07, 6.45) is 1.35. The highest BCUT2D eigenvalue weighted by atomic mass is 79.9. The number of ether oxygens (including phenoxy) is 3. The molecular formula is C23H27BrO5. The number of aliphatic hydroxyl groups excluding tert-OH is 1. The van der Waals surface area contributed by atoms with E-state index in [0.717, 1.165) is 35.1 Å². The SMILES string of the molecule is Cc1c(CO)ccc2c1C(=O)[C@H]1[C@H]2C[C@@H](Br)[C@]23O[C@H](C[C@]12C)[C@H]1OC(C)(C)O[C@H]13. The van der Waals surface area contributed by atoms with Gasteiger partial charge in [-0.2, -0.15) is 0 Å². The highest BCUT2D eigenvalue weighted by Gasteiger charge is 2.81. The summed E-state index contributed by atoms with van der Waals surface area (Å²) in [6.45, 7) is 8.08. The standard InChI is InChI=1S/C23H27BrO5/c1-10-11(9-25)5-6-12-13-7-15(24)23-20-19(28-21(2,3)29-20)14(27-23)8-22(23,4)17(13)18(26)16(10)12/h5-6,13-15,17,19-20,25H,7-9H2,1-4H3/t13-,14+,15+,17+,19+,20+,22+,23+/m0/s1. The molecule has 2 bridgehead atoms. The van der Waals surface area contributed by atoms with Crippen LogP contribution in [0.5, 0.6) is 0 Å². The van der Waals surface area contributed by atoms with Gasteiger partial charge in [0.15, 0.2) is 11.6 Å². The second-order valence-electron chi connectivity index (χ2n) is 10.2. The Bertz CT molecular complexity index is 943. The minimum atomic E-state index is -0.631. The van der Waals surface area contributed by atoms with Crippen LogP contribution in [0.15, 0.2) is 12.1 Å². The molecule has 5 nitrogen and oxygen atoms in total. The van der Waals surface area contributed by atoms with Gasteiger partial charge >= 0.3 is 0 Å². The number of Topliss-reactive ketones (excluding diaryl/α,β-unsaturated/α-hetero) is 1. The normalized spacial score (nSPS) is 48.4. The van der Waals surface area contributed by atoms with E-state index in [-0.39, 0.29) is 52.8 Å². The van der Waals surface area contributed by atoms with Crippen LogP contribution in [-0.2, 0) is 20.8 Å². The van der Waals surface area contributed by atoms with Gasteiger partial charge in [0.05, 0.1) is 12.7 Å². The molecule has 8 atom stereocenters. The Kier molecular flexibility index (Phi) is 3.60. The number of fused-ring (bicyclic) bond motifs is 7. The van der Waals surface area contributed by atoms with E-state index in [1.54, 1.807) is 0 Å². The van der Waals surface area contributed by atoms with E-state index in [2.05, 4.69) is 28.9 Å². The monoisotopic (exact) mass is 462 g/mol. The van der Waals surface area contributed by atoms with E-state index in [1.807, 2.05) is 26.8 Å². The van der Waals surface area contributed by atoms with Crippen LogP contribution in [0.1, 0.15) is 66.6 Å². The van der Waals surface area contributed by atoms with Crippen LogP contribution in [-0.4, -0.2) is 45.4 Å². The van der Waals surface area contributed by atoms with Crippen molar-refractivity contribution >= 4 is 21.7 Å². The second kappa shape index (κ2) is 5.52. The van der Waals surface area contributed by atoms with Gasteiger partial charge in [0.1, 0.15) is 17.8 Å². The molecular weight excluding hydrogens is 436 g/mol. The first kappa shape index (κ1) is 18.9. The molecule has 0 aromatic heterocycles. The minimum Gasteiger partial charge on any atom is -0.392 e. The highest BCUT2D eigenvalue weighted by Crippen LogP contribution is 2.72. The number of aliphatic hydroxyl groups is 1. The van der Waals surface area contributed by atoms with Crippen LogP contribution in [0.25, 0.3) is 0 Å². The van der Waals surface area contributed by atoms with Gasteiger partial charge < -0.3 is 19.3 Å². The number of hydrogen-bond donors (Lipinski definition) is 1. The molecule has 4 fully saturated rings. The minimum absolute atomic E-state index is 0.0425. The van der Waals surface area contributed by atoms with E-state index >= 15 is 0 Å².